The molecule has 6 heteroatoms. The Morgan fingerprint density at radius 2 is 2.00 bits per heavy atom. The lowest BCUT2D eigenvalue weighted by Crippen LogP contribution is -2.45. The highest BCUT2D eigenvalue weighted by Gasteiger charge is 2.23. The summed E-state index contributed by atoms with van der Waals surface area (Å²) < 4.78 is 32.9. The Morgan fingerprint density at radius 3 is 2.57 bits per heavy atom. The molecule has 1 aromatic rings. The zero-order valence-electron chi connectivity index (χ0n) is 14.5. The van der Waals surface area contributed by atoms with Gasteiger partial charge in [-0.3, -0.25) is 4.90 Å². The van der Waals surface area contributed by atoms with Crippen molar-refractivity contribution in [3.05, 3.63) is 23.8 Å². The maximum absolute atomic E-state index is 12.5. The van der Waals surface area contributed by atoms with E-state index in [-0.39, 0.29) is 6.04 Å². The van der Waals surface area contributed by atoms with Crippen molar-refractivity contribution in [1.29, 1.82) is 0 Å². The van der Waals surface area contributed by atoms with Crippen molar-refractivity contribution in [2.75, 3.05) is 26.7 Å². The second-order valence-corrected chi connectivity index (χ2v) is 8.29. The summed E-state index contributed by atoms with van der Waals surface area (Å²) in [6, 6.07) is 5.22. The minimum atomic E-state index is -3.49. The molecular formula is C17H28N2O3S. The van der Waals surface area contributed by atoms with Gasteiger partial charge in [0.2, 0.25) is 10.0 Å². The van der Waals surface area contributed by atoms with Crippen LogP contribution in [-0.2, 0) is 10.0 Å². The molecule has 1 atom stereocenters. The molecule has 1 aromatic carbocycles. The minimum absolute atomic E-state index is 0.204. The van der Waals surface area contributed by atoms with Crippen LogP contribution in [0.3, 0.4) is 0 Å². The van der Waals surface area contributed by atoms with Gasteiger partial charge < -0.3 is 4.74 Å². The van der Waals surface area contributed by atoms with E-state index >= 15 is 0 Å². The molecular weight excluding hydrogens is 312 g/mol. The molecule has 0 aliphatic carbocycles. The topological polar surface area (TPSA) is 58.6 Å². The number of rotatable bonds is 6. The molecule has 1 aliphatic heterocycles. The van der Waals surface area contributed by atoms with Gasteiger partial charge in [-0.1, -0.05) is 6.92 Å². The summed E-state index contributed by atoms with van der Waals surface area (Å²) in [4.78, 5) is 2.68. The van der Waals surface area contributed by atoms with E-state index in [4.69, 9.17) is 4.74 Å². The third kappa shape index (κ3) is 4.68. The van der Waals surface area contributed by atoms with E-state index in [9.17, 15) is 8.42 Å². The summed E-state index contributed by atoms with van der Waals surface area (Å²) in [5.74, 6) is 1.44. The summed E-state index contributed by atoms with van der Waals surface area (Å²) >= 11 is 0. The van der Waals surface area contributed by atoms with Crippen molar-refractivity contribution in [3.8, 4) is 5.75 Å². The number of nitrogens with one attached hydrogen (secondary N) is 1. The molecule has 5 nitrogen and oxygen atoms in total. The Morgan fingerprint density at radius 1 is 1.35 bits per heavy atom. The number of hydrogen-bond acceptors (Lipinski definition) is 4. The number of methoxy groups -OCH3 is 1. The van der Waals surface area contributed by atoms with Crippen molar-refractivity contribution in [3.63, 3.8) is 0 Å². The van der Waals surface area contributed by atoms with Crippen LogP contribution in [0.4, 0.5) is 0 Å². The summed E-state index contributed by atoms with van der Waals surface area (Å²) in [5, 5.41) is 0. The zero-order chi connectivity index (χ0) is 17.0. The first-order chi connectivity index (χ1) is 10.8. The fraction of sp³-hybridized carbons (Fsp3) is 0.647. The number of piperidine rings is 1. The van der Waals surface area contributed by atoms with E-state index in [0.717, 1.165) is 19.0 Å². The Balaban J connectivity index is 1.98. The molecule has 1 unspecified atom stereocenters. The normalized spacial score (nSPS) is 18.8. The predicted molar refractivity (Wildman–Crippen MR) is 92.4 cm³/mol. The third-order valence-electron chi connectivity index (χ3n) is 4.68. The molecule has 23 heavy (non-hydrogen) atoms. The number of likely N-dealkylation sites (tertiary alicyclic amines) is 1. The Kier molecular flexibility index (Phi) is 6.06. The molecule has 0 radical (unpaired) electrons. The molecule has 0 spiro atoms. The smallest absolute Gasteiger partial charge is 0.240 e. The first kappa shape index (κ1) is 18.2. The molecule has 1 fully saturated rings. The lowest BCUT2D eigenvalue weighted by Gasteiger charge is -2.35. The van der Waals surface area contributed by atoms with E-state index in [2.05, 4.69) is 23.5 Å². The fourth-order valence-electron chi connectivity index (χ4n) is 2.96. The van der Waals surface area contributed by atoms with Crippen LogP contribution < -0.4 is 9.46 Å². The van der Waals surface area contributed by atoms with Crippen LogP contribution in [0.15, 0.2) is 23.1 Å². The predicted octanol–water partition coefficient (Wildman–Crippen LogP) is 2.40. The molecule has 0 bridgehead atoms. The molecule has 0 saturated carbocycles. The second kappa shape index (κ2) is 7.64. The second-order valence-electron chi connectivity index (χ2n) is 6.55. The van der Waals surface area contributed by atoms with Crippen molar-refractivity contribution in [2.45, 2.75) is 44.6 Å². The summed E-state index contributed by atoms with van der Waals surface area (Å²) in [7, 11) is -1.92. The lowest BCUT2D eigenvalue weighted by atomic mass is 9.98. The number of benzene rings is 1. The number of hydrogen-bond donors (Lipinski definition) is 1. The molecule has 130 valence electrons. The average molecular weight is 340 g/mol. The summed E-state index contributed by atoms with van der Waals surface area (Å²) in [5.41, 5.74) is 0.691. The van der Waals surface area contributed by atoms with Crippen molar-refractivity contribution in [1.82, 2.24) is 9.62 Å². The SMILES string of the molecule is COc1ccc(S(=O)(=O)NCC(C)N2CCC(C)CC2)c(C)c1. The van der Waals surface area contributed by atoms with E-state index in [1.165, 1.54) is 12.8 Å². The van der Waals surface area contributed by atoms with Crippen LogP contribution in [0.2, 0.25) is 0 Å². The molecule has 1 heterocycles. The molecule has 2 rings (SSSR count). The van der Waals surface area contributed by atoms with Crippen LogP contribution in [0, 0.1) is 12.8 Å². The number of sulfonamides is 1. The Bertz CT molecular complexity index is 623. The average Bonchev–Trinajstić information content (AvgIpc) is 2.53. The summed E-state index contributed by atoms with van der Waals surface area (Å²) in [6.07, 6.45) is 2.38. The van der Waals surface area contributed by atoms with Crippen molar-refractivity contribution in [2.24, 2.45) is 5.92 Å². The maximum atomic E-state index is 12.5. The highest BCUT2D eigenvalue weighted by Crippen LogP contribution is 2.21. The van der Waals surface area contributed by atoms with Crippen LogP contribution in [0.1, 0.15) is 32.3 Å². The molecule has 0 aromatic heterocycles. The first-order valence-corrected chi connectivity index (χ1v) is 9.70. The highest BCUT2D eigenvalue weighted by molar-refractivity contribution is 7.89. The highest BCUT2D eigenvalue weighted by atomic mass is 32.2. The van der Waals surface area contributed by atoms with Crippen LogP contribution >= 0.6 is 0 Å². The van der Waals surface area contributed by atoms with Gasteiger partial charge in [-0.05, 0) is 69.5 Å². The van der Waals surface area contributed by atoms with Gasteiger partial charge in [-0.2, -0.15) is 0 Å². The monoisotopic (exact) mass is 340 g/mol. The van der Waals surface area contributed by atoms with Gasteiger partial charge in [0, 0.05) is 12.6 Å². The molecule has 1 aliphatic rings. The minimum Gasteiger partial charge on any atom is -0.497 e. The largest absolute Gasteiger partial charge is 0.497 e. The number of ether oxygens (including phenoxy) is 1. The quantitative estimate of drug-likeness (QED) is 0.864. The van der Waals surface area contributed by atoms with Gasteiger partial charge in [0.05, 0.1) is 12.0 Å². The van der Waals surface area contributed by atoms with Gasteiger partial charge in [0.1, 0.15) is 5.75 Å². The van der Waals surface area contributed by atoms with Crippen molar-refractivity contribution < 1.29 is 13.2 Å². The van der Waals surface area contributed by atoms with Crippen LogP contribution in [0.5, 0.6) is 5.75 Å². The van der Waals surface area contributed by atoms with Crippen LogP contribution in [0.25, 0.3) is 0 Å². The number of aryl methyl sites for hydroxylation is 1. The Labute approximate surface area is 140 Å². The van der Waals surface area contributed by atoms with E-state index in [1.807, 2.05) is 0 Å². The van der Waals surface area contributed by atoms with Gasteiger partial charge >= 0.3 is 0 Å². The third-order valence-corrected chi connectivity index (χ3v) is 6.27. The number of nitrogens with zero attached hydrogens (tertiary/aromatic N) is 1. The van der Waals surface area contributed by atoms with Gasteiger partial charge in [0.25, 0.3) is 0 Å². The fourth-order valence-corrected chi connectivity index (χ4v) is 4.30. The van der Waals surface area contributed by atoms with E-state index in [1.54, 1.807) is 32.2 Å². The van der Waals surface area contributed by atoms with Crippen molar-refractivity contribution >= 4 is 10.0 Å². The Hall–Kier alpha value is -1.11. The van der Waals surface area contributed by atoms with Gasteiger partial charge in [0.15, 0.2) is 0 Å². The molecule has 1 N–H and O–H groups in total. The first-order valence-electron chi connectivity index (χ1n) is 8.22. The van der Waals surface area contributed by atoms with Gasteiger partial charge in [-0.25, -0.2) is 13.1 Å². The van der Waals surface area contributed by atoms with E-state index < -0.39 is 10.0 Å². The summed E-state index contributed by atoms with van der Waals surface area (Å²) in [6.45, 7) is 8.67. The maximum Gasteiger partial charge on any atom is 0.240 e. The standard InChI is InChI=1S/C17H28N2O3S/c1-13-7-9-19(10-8-13)15(3)12-18-23(20,21)17-6-5-16(22-4)11-14(17)2/h5-6,11,13,15,18H,7-10,12H2,1-4H3. The zero-order valence-corrected chi connectivity index (χ0v) is 15.3. The van der Waals surface area contributed by atoms with Gasteiger partial charge in [-0.15, -0.1) is 0 Å². The van der Waals surface area contributed by atoms with E-state index in [0.29, 0.717) is 22.8 Å². The molecule has 0 amide bonds. The van der Waals surface area contributed by atoms with Crippen LogP contribution in [-0.4, -0.2) is 46.1 Å². The lowest BCUT2D eigenvalue weighted by molar-refractivity contribution is 0.148. The molecule has 1 saturated heterocycles.